The van der Waals surface area contributed by atoms with E-state index < -0.39 is 0 Å². The Bertz CT molecular complexity index is 853. The smallest absolute Gasteiger partial charge is 0.269 e. The molecule has 0 saturated heterocycles. The van der Waals surface area contributed by atoms with Gasteiger partial charge in [-0.3, -0.25) is 4.79 Å². The summed E-state index contributed by atoms with van der Waals surface area (Å²) in [4.78, 5) is 24.7. The lowest BCUT2D eigenvalue weighted by atomic mass is 10.1. The van der Waals surface area contributed by atoms with Gasteiger partial charge in [-0.25, -0.2) is 15.0 Å². The number of pyridine rings is 1. The van der Waals surface area contributed by atoms with Crippen LogP contribution in [0.3, 0.4) is 0 Å². The highest BCUT2D eigenvalue weighted by Crippen LogP contribution is 2.12. The van der Waals surface area contributed by atoms with Crippen LogP contribution in [0, 0.1) is 0 Å². The minimum Gasteiger partial charge on any atom is -0.497 e. The van der Waals surface area contributed by atoms with Crippen molar-refractivity contribution in [2.45, 2.75) is 6.42 Å². The molecule has 0 aliphatic rings. The number of carbonyl (C=O) groups excluding carboxylic acids is 1. The van der Waals surface area contributed by atoms with E-state index in [1.807, 2.05) is 24.3 Å². The molecule has 7 nitrogen and oxygen atoms in total. The Morgan fingerprint density at radius 3 is 2.54 bits per heavy atom. The number of aromatic nitrogens is 3. The molecule has 0 aliphatic carbocycles. The van der Waals surface area contributed by atoms with Gasteiger partial charge in [0, 0.05) is 18.9 Å². The quantitative estimate of drug-likeness (QED) is 0.681. The van der Waals surface area contributed by atoms with Crippen LogP contribution in [0.1, 0.15) is 16.1 Å². The maximum Gasteiger partial charge on any atom is 0.269 e. The van der Waals surface area contributed by atoms with E-state index in [9.17, 15) is 4.79 Å². The molecule has 132 valence electrons. The van der Waals surface area contributed by atoms with Crippen LogP contribution in [-0.4, -0.2) is 34.5 Å². The highest BCUT2D eigenvalue weighted by atomic mass is 16.5. The number of carbonyl (C=O) groups is 1. The molecule has 0 saturated carbocycles. The largest absolute Gasteiger partial charge is 0.497 e. The van der Waals surface area contributed by atoms with Crippen molar-refractivity contribution in [3.05, 3.63) is 72.2 Å². The molecule has 3 rings (SSSR count). The number of rotatable bonds is 7. The molecule has 26 heavy (non-hydrogen) atoms. The van der Waals surface area contributed by atoms with Crippen molar-refractivity contribution in [3.63, 3.8) is 0 Å². The molecule has 2 heterocycles. The topological polar surface area (TPSA) is 89.0 Å². The van der Waals surface area contributed by atoms with E-state index in [2.05, 4.69) is 25.6 Å². The second kappa shape index (κ2) is 8.57. The summed E-state index contributed by atoms with van der Waals surface area (Å²) < 4.78 is 5.13. The van der Waals surface area contributed by atoms with E-state index in [1.165, 1.54) is 0 Å². The number of methoxy groups -OCH3 is 1. The van der Waals surface area contributed by atoms with Gasteiger partial charge in [0.25, 0.3) is 5.91 Å². The van der Waals surface area contributed by atoms with Crippen molar-refractivity contribution in [2.24, 2.45) is 0 Å². The zero-order chi connectivity index (χ0) is 18.2. The number of nitrogens with zero attached hydrogens (tertiary/aromatic N) is 3. The van der Waals surface area contributed by atoms with Gasteiger partial charge in [0.05, 0.1) is 7.11 Å². The summed E-state index contributed by atoms with van der Waals surface area (Å²) in [6.45, 7) is 0.520. The fourth-order valence-electron chi connectivity index (χ4n) is 2.31. The van der Waals surface area contributed by atoms with Gasteiger partial charge in [0.2, 0.25) is 5.95 Å². The van der Waals surface area contributed by atoms with Crippen molar-refractivity contribution in [2.75, 3.05) is 19.0 Å². The van der Waals surface area contributed by atoms with Crippen LogP contribution in [0.5, 0.6) is 5.75 Å². The molecule has 2 N–H and O–H groups in total. The van der Waals surface area contributed by atoms with Gasteiger partial charge in [-0.15, -0.1) is 0 Å². The number of hydrogen-bond donors (Lipinski definition) is 2. The summed E-state index contributed by atoms with van der Waals surface area (Å²) in [5, 5.41) is 5.84. The third kappa shape index (κ3) is 4.76. The Morgan fingerprint density at radius 1 is 1.04 bits per heavy atom. The zero-order valence-electron chi connectivity index (χ0n) is 14.3. The minimum absolute atomic E-state index is 0.226. The van der Waals surface area contributed by atoms with Crippen LogP contribution in [0.2, 0.25) is 0 Å². The molecule has 7 heteroatoms. The van der Waals surface area contributed by atoms with Crippen molar-refractivity contribution < 1.29 is 9.53 Å². The summed E-state index contributed by atoms with van der Waals surface area (Å²) >= 11 is 0. The highest BCUT2D eigenvalue weighted by Gasteiger charge is 2.08. The highest BCUT2D eigenvalue weighted by molar-refractivity contribution is 5.92. The SMILES string of the molecule is COc1ccc(CCNC(=O)c2cccc(Nc3ncccn3)n2)cc1. The first kappa shape index (κ1) is 17.3. The van der Waals surface area contributed by atoms with Crippen LogP contribution in [0.15, 0.2) is 60.9 Å². The third-order valence-electron chi connectivity index (χ3n) is 3.65. The number of benzene rings is 1. The molecular formula is C19H19N5O2. The monoisotopic (exact) mass is 349 g/mol. The fourth-order valence-corrected chi connectivity index (χ4v) is 2.31. The zero-order valence-corrected chi connectivity index (χ0v) is 14.3. The van der Waals surface area contributed by atoms with Crippen LogP contribution in [0.4, 0.5) is 11.8 Å². The van der Waals surface area contributed by atoms with E-state index in [1.54, 1.807) is 43.8 Å². The fraction of sp³-hybridized carbons (Fsp3) is 0.158. The van der Waals surface area contributed by atoms with E-state index in [-0.39, 0.29) is 5.91 Å². The number of ether oxygens (including phenoxy) is 1. The van der Waals surface area contributed by atoms with Gasteiger partial charge in [-0.2, -0.15) is 0 Å². The van der Waals surface area contributed by atoms with Gasteiger partial charge in [-0.1, -0.05) is 18.2 Å². The molecule has 0 fully saturated rings. The molecule has 1 amide bonds. The minimum atomic E-state index is -0.226. The first-order chi connectivity index (χ1) is 12.7. The Hall–Kier alpha value is -3.48. The van der Waals surface area contributed by atoms with Gasteiger partial charge in [0.1, 0.15) is 17.3 Å². The Morgan fingerprint density at radius 2 is 1.81 bits per heavy atom. The summed E-state index contributed by atoms with van der Waals surface area (Å²) in [7, 11) is 1.63. The lowest BCUT2D eigenvalue weighted by Crippen LogP contribution is -2.26. The summed E-state index contributed by atoms with van der Waals surface area (Å²) in [6.07, 6.45) is 3.99. The number of amides is 1. The molecule has 3 aromatic rings. The average molecular weight is 349 g/mol. The van der Waals surface area contributed by atoms with Crippen LogP contribution in [-0.2, 0) is 6.42 Å². The first-order valence-corrected chi connectivity index (χ1v) is 8.17. The summed E-state index contributed by atoms with van der Waals surface area (Å²) in [5.41, 5.74) is 1.45. The Balaban J connectivity index is 1.55. The van der Waals surface area contributed by atoms with E-state index in [0.29, 0.717) is 24.0 Å². The molecule has 0 spiro atoms. The second-order valence-corrected chi connectivity index (χ2v) is 5.46. The van der Waals surface area contributed by atoms with Crippen molar-refractivity contribution in [1.29, 1.82) is 0 Å². The van der Waals surface area contributed by atoms with E-state index >= 15 is 0 Å². The van der Waals surface area contributed by atoms with Gasteiger partial charge in [-0.05, 0) is 42.3 Å². The first-order valence-electron chi connectivity index (χ1n) is 8.17. The number of hydrogen-bond acceptors (Lipinski definition) is 6. The predicted octanol–water partition coefficient (Wildman–Crippen LogP) is 2.60. The molecule has 2 aromatic heterocycles. The lowest BCUT2D eigenvalue weighted by molar-refractivity contribution is 0.0949. The molecule has 0 unspecified atom stereocenters. The van der Waals surface area contributed by atoms with E-state index in [0.717, 1.165) is 17.7 Å². The van der Waals surface area contributed by atoms with Crippen LogP contribution in [0.25, 0.3) is 0 Å². The van der Waals surface area contributed by atoms with Crippen molar-refractivity contribution >= 4 is 17.7 Å². The normalized spacial score (nSPS) is 10.2. The molecule has 0 aliphatic heterocycles. The van der Waals surface area contributed by atoms with Gasteiger partial charge < -0.3 is 15.4 Å². The van der Waals surface area contributed by atoms with Crippen LogP contribution >= 0.6 is 0 Å². The Kier molecular flexibility index (Phi) is 5.72. The summed E-state index contributed by atoms with van der Waals surface area (Å²) in [5.74, 6) is 1.53. The molecule has 0 bridgehead atoms. The van der Waals surface area contributed by atoms with Gasteiger partial charge in [0.15, 0.2) is 0 Å². The molecule has 1 aromatic carbocycles. The van der Waals surface area contributed by atoms with Gasteiger partial charge >= 0.3 is 0 Å². The second-order valence-electron chi connectivity index (χ2n) is 5.46. The average Bonchev–Trinajstić information content (AvgIpc) is 2.69. The standard InChI is InChI=1S/C19H19N5O2/c1-26-15-8-6-14(7-9-15)10-13-20-18(25)16-4-2-5-17(23-16)24-19-21-11-3-12-22-19/h2-9,11-12H,10,13H2,1H3,(H,20,25)(H,21,22,23,24). The molecular weight excluding hydrogens is 330 g/mol. The predicted molar refractivity (Wildman–Crippen MR) is 98.6 cm³/mol. The van der Waals surface area contributed by atoms with Crippen molar-refractivity contribution in [1.82, 2.24) is 20.3 Å². The maximum atomic E-state index is 12.3. The maximum absolute atomic E-state index is 12.3. The third-order valence-corrected chi connectivity index (χ3v) is 3.65. The Labute approximate surface area is 151 Å². The van der Waals surface area contributed by atoms with Crippen LogP contribution < -0.4 is 15.4 Å². The molecule has 0 radical (unpaired) electrons. The molecule has 0 atom stereocenters. The lowest BCUT2D eigenvalue weighted by Gasteiger charge is -2.08. The number of nitrogens with one attached hydrogen (secondary N) is 2. The van der Waals surface area contributed by atoms with E-state index in [4.69, 9.17) is 4.74 Å². The van der Waals surface area contributed by atoms with Crippen molar-refractivity contribution in [3.8, 4) is 5.75 Å². The number of anilines is 2. The summed E-state index contributed by atoms with van der Waals surface area (Å²) in [6, 6.07) is 14.7.